The lowest BCUT2D eigenvalue weighted by Gasteiger charge is -2.13. The van der Waals surface area contributed by atoms with Gasteiger partial charge in [0.15, 0.2) is 17.0 Å². The fraction of sp³-hybridized carbons (Fsp3) is 0.389. The molecule has 0 radical (unpaired) electrons. The normalized spacial score (nSPS) is 12.0. The van der Waals surface area contributed by atoms with E-state index in [-0.39, 0.29) is 17.6 Å². The molecule has 0 saturated carbocycles. The molecule has 3 rings (SSSR count). The molecule has 2 heterocycles. The van der Waals surface area contributed by atoms with Crippen molar-refractivity contribution in [1.82, 2.24) is 19.5 Å². The maximum absolute atomic E-state index is 13.1. The number of fused-ring (bicyclic) bond motifs is 1. The van der Waals surface area contributed by atoms with Crippen molar-refractivity contribution in [3.63, 3.8) is 0 Å². The van der Waals surface area contributed by atoms with Crippen LogP contribution >= 0.6 is 11.6 Å². The maximum atomic E-state index is 13.1. The Kier molecular flexibility index (Phi) is 6.13. The number of nitrogens with zero attached hydrogens (tertiary/aromatic N) is 4. The monoisotopic (exact) mass is 427 g/mol. The minimum absolute atomic E-state index is 0.108. The molecule has 0 aliphatic heterocycles. The second-order valence-corrected chi connectivity index (χ2v) is 7.10. The summed E-state index contributed by atoms with van der Waals surface area (Å²) in [5, 5.41) is 5.75. The Labute approximate surface area is 170 Å². The zero-order chi connectivity index (χ0) is 21.2. The van der Waals surface area contributed by atoms with E-state index in [1.54, 1.807) is 6.33 Å². The molecule has 7 nitrogen and oxygen atoms in total. The number of benzene rings is 1. The summed E-state index contributed by atoms with van der Waals surface area (Å²) in [6.07, 6.45) is -2.86. The fourth-order valence-electron chi connectivity index (χ4n) is 2.77. The van der Waals surface area contributed by atoms with Crippen LogP contribution in [-0.4, -0.2) is 32.6 Å². The van der Waals surface area contributed by atoms with Gasteiger partial charge in [0.05, 0.1) is 16.9 Å². The van der Waals surface area contributed by atoms with Crippen LogP contribution in [0.25, 0.3) is 11.2 Å². The first-order chi connectivity index (χ1) is 13.7. The van der Waals surface area contributed by atoms with E-state index in [0.717, 1.165) is 6.07 Å². The highest BCUT2D eigenvalue weighted by atomic mass is 35.5. The highest BCUT2D eigenvalue weighted by Gasteiger charge is 2.33. The van der Waals surface area contributed by atoms with Gasteiger partial charge >= 0.3 is 6.18 Å². The second-order valence-electron chi connectivity index (χ2n) is 6.69. The van der Waals surface area contributed by atoms with E-state index >= 15 is 0 Å². The number of halogens is 4. The number of aromatic nitrogens is 4. The molecule has 0 aliphatic rings. The summed E-state index contributed by atoms with van der Waals surface area (Å²) in [4.78, 5) is 13.3. The lowest BCUT2D eigenvalue weighted by Crippen LogP contribution is -2.16. The van der Waals surface area contributed by atoms with Crippen molar-refractivity contribution in [2.75, 3.05) is 23.7 Å². The van der Waals surface area contributed by atoms with E-state index in [1.165, 1.54) is 12.1 Å². The Morgan fingerprint density at radius 1 is 1.21 bits per heavy atom. The largest absolute Gasteiger partial charge is 0.417 e. The van der Waals surface area contributed by atoms with Crippen LogP contribution < -0.4 is 16.4 Å². The van der Waals surface area contributed by atoms with E-state index in [9.17, 15) is 13.2 Å². The van der Waals surface area contributed by atoms with Crippen LogP contribution in [0.15, 0.2) is 24.5 Å². The predicted molar refractivity (Wildman–Crippen MR) is 107 cm³/mol. The van der Waals surface area contributed by atoms with Crippen molar-refractivity contribution in [2.24, 2.45) is 5.73 Å². The third kappa shape index (κ3) is 4.70. The molecule has 0 spiro atoms. The minimum Gasteiger partial charge on any atom is -0.364 e. The molecule has 0 aliphatic carbocycles. The van der Waals surface area contributed by atoms with Crippen molar-refractivity contribution in [3.05, 3.63) is 40.7 Å². The number of hydrogen-bond donors (Lipinski definition) is 3. The average Bonchev–Trinajstić information content (AvgIpc) is 3.09. The topological polar surface area (TPSA) is 93.7 Å². The molecule has 0 bridgehead atoms. The lowest BCUT2D eigenvalue weighted by atomic mass is 10.1. The van der Waals surface area contributed by atoms with Gasteiger partial charge in [0.1, 0.15) is 0 Å². The highest BCUT2D eigenvalue weighted by Crippen LogP contribution is 2.35. The maximum Gasteiger partial charge on any atom is 0.417 e. The Balaban J connectivity index is 1.93. The zero-order valence-corrected chi connectivity index (χ0v) is 16.6. The summed E-state index contributed by atoms with van der Waals surface area (Å²) in [5.74, 6) is 0.775. The third-order valence-corrected chi connectivity index (χ3v) is 4.53. The number of imidazole rings is 1. The number of hydrogen-bond acceptors (Lipinski definition) is 6. The number of rotatable bonds is 7. The first-order valence-electron chi connectivity index (χ1n) is 8.98. The van der Waals surface area contributed by atoms with Crippen molar-refractivity contribution < 1.29 is 13.2 Å². The molecule has 1 aromatic carbocycles. The summed E-state index contributed by atoms with van der Waals surface area (Å²) in [5.41, 5.74) is 6.21. The smallest absolute Gasteiger partial charge is 0.364 e. The van der Waals surface area contributed by atoms with Crippen molar-refractivity contribution in [3.8, 4) is 0 Å². The molecule has 0 amide bonds. The second kappa shape index (κ2) is 8.42. The molecule has 29 heavy (non-hydrogen) atoms. The number of nitrogens with one attached hydrogen (secondary N) is 2. The Morgan fingerprint density at radius 2 is 1.97 bits per heavy atom. The number of nitrogens with two attached hydrogens (primary N) is 1. The molecule has 0 fully saturated rings. The summed E-state index contributed by atoms with van der Waals surface area (Å²) in [6, 6.07) is 3.91. The van der Waals surface area contributed by atoms with E-state index in [4.69, 9.17) is 17.3 Å². The van der Waals surface area contributed by atoms with Gasteiger partial charge in [-0.1, -0.05) is 17.7 Å². The van der Waals surface area contributed by atoms with Crippen LogP contribution in [0.1, 0.15) is 31.0 Å². The minimum atomic E-state index is -4.52. The summed E-state index contributed by atoms with van der Waals surface area (Å²) in [6.45, 7) is 4.98. The molecule has 156 valence electrons. The van der Waals surface area contributed by atoms with Crippen molar-refractivity contribution in [1.29, 1.82) is 0 Å². The van der Waals surface area contributed by atoms with Gasteiger partial charge in [-0.3, -0.25) is 0 Å². The average molecular weight is 428 g/mol. The van der Waals surface area contributed by atoms with Gasteiger partial charge in [0.25, 0.3) is 0 Å². The Bertz CT molecular complexity index is 1000. The summed E-state index contributed by atoms with van der Waals surface area (Å²) < 4.78 is 41.2. The summed E-state index contributed by atoms with van der Waals surface area (Å²) in [7, 11) is 0. The van der Waals surface area contributed by atoms with Gasteiger partial charge in [0.2, 0.25) is 5.95 Å². The quantitative estimate of drug-likeness (QED) is 0.526. The van der Waals surface area contributed by atoms with Crippen LogP contribution in [0.2, 0.25) is 5.02 Å². The SMILES string of the molecule is CC(C)n1cnc2c(NCc3ccc(Cl)c(C(F)(F)F)c3)nc(NCCN)nc21. The molecule has 0 saturated heterocycles. The predicted octanol–water partition coefficient (Wildman–Crippen LogP) is 4.06. The van der Waals surface area contributed by atoms with E-state index in [1.807, 2.05) is 18.4 Å². The van der Waals surface area contributed by atoms with Crippen LogP contribution in [0.4, 0.5) is 24.9 Å². The van der Waals surface area contributed by atoms with Gasteiger partial charge < -0.3 is 20.9 Å². The van der Waals surface area contributed by atoms with Gasteiger partial charge in [-0.15, -0.1) is 0 Å². The van der Waals surface area contributed by atoms with E-state index in [2.05, 4.69) is 25.6 Å². The molecule has 2 aromatic heterocycles. The van der Waals surface area contributed by atoms with Gasteiger partial charge in [-0.2, -0.15) is 23.1 Å². The molecule has 0 unspecified atom stereocenters. The van der Waals surface area contributed by atoms with Crippen molar-refractivity contribution >= 4 is 34.5 Å². The highest BCUT2D eigenvalue weighted by molar-refractivity contribution is 6.31. The van der Waals surface area contributed by atoms with Gasteiger partial charge in [-0.05, 0) is 31.5 Å². The Morgan fingerprint density at radius 3 is 2.62 bits per heavy atom. The Hall–Kier alpha value is -2.59. The molecule has 11 heteroatoms. The molecule has 3 aromatic rings. The first-order valence-corrected chi connectivity index (χ1v) is 9.36. The van der Waals surface area contributed by atoms with Crippen molar-refractivity contribution in [2.45, 2.75) is 32.6 Å². The fourth-order valence-corrected chi connectivity index (χ4v) is 2.99. The summed E-state index contributed by atoms with van der Waals surface area (Å²) >= 11 is 5.69. The van der Waals surface area contributed by atoms with Crippen LogP contribution in [-0.2, 0) is 12.7 Å². The molecule has 4 N–H and O–H groups in total. The third-order valence-electron chi connectivity index (χ3n) is 4.20. The van der Waals surface area contributed by atoms with Crippen LogP contribution in [0.5, 0.6) is 0 Å². The molecular weight excluding hydrogens is 407 g/mol. The van der Waals surface area contributed by atoms with E-state index < -0.39 is 11.7 Å². The standard InChI is InChI=1S/C18H21ClF3N7/c1-10(2)29-9-26-14-15(27-17(24-6-5-23)28-16(14)29)25-8-11-3-4-13(19)12(7-11)18(20,21)22/h3-4,7,9-10H,5-6,8,23H2,1-2H3,(H2,24,25,27,28). The van der Waals surface area contributed by atoms with E-state index in [0.29, 0.717) is 41.6 Å². The molecule has 0 atom stereocenters. The number of alkyl halides is 3. The first kappa shape index (κ1) is 21.1. The van der Waals surface area contributed by atoms with Crippen LogP contribution in [0, 0.1) is 0 Å². The lowest BCUT2D eigenvalue weighted by molar-refractivity contribution is -0.137. The molecular formula is C18H21ClF3N7. The zero-order valence-electron chi connectivity index (χ0n) is 15.9. The van der Waals surface area contributed by atoms with Gasteiger partial charge in [-0.25, -0.2) is 4.98 Å². The van der Waals surface area contributed by atoms with Gasteiger partial charge in [0, 0.05) is 25.7 Å². The van der Waals surface area contributed by atoms with Crippen LogP contribution in [0.3, 0.4) is 0 Å². The number of anilines is 2.